The molecule has 0 aliphatic heterocycles. The van der Waals surface area contributed by atoms with Gasteiger partial charge in [0.25, 0.3) is 0 Å². The molecule has 2 aromatic rings. The van der Waals surface area contributed by atoms with Crippen LogP contribution in [0.25, 0.3) is 10.1 Å². The van der Waals surface area contributed by atoms with Crippen molar-refractivity contribution >= 4 is 21.4 Å². The molecule has 0 saturated heterocycles. The third-order valence-corrected chi connectivity index (χ3v) is 5.38. The number of thiophene rings is 1. The first kappa shape index (κ1) is 13.1. The first-order valence-corrected chi connectivity index (χ1v) is 8.45. The van der Waals surface area contributed by atoms with E-state index in [4.69, 9.17) is 0 Å². The lowest BCUT2D eigenvalue weighted by Gasteiger charge is -2.21. The Hall–Kier alpha value is -0.860. The Bertz CT molecular complexity index is 531. The number of benzene rings is 1. The summed E-state index contributed by atoms with van der Waals surface area (Å²) in [6.45, 7) is 4.60. The molecule has 2 atom stereocenters. The van der Waals surface area contributed by atoms with E-state index in [-0.39, 0.29) is 0 Å². The average Bonchev–Trinajstić information content (AvgIpc) is 3.07. The van der Waals surface area contributed by atoms with Gasteiger partial charge in [0.15, 0.2) is 0 Å². The van der Waals surface area contributed by atoms with Gasteiger partial charge < -0.3 is 5.32 Å². The first-order valence-electron chi connectivity index (χ1n) is 7.57. The summed E-state index contributed by atoms with van der Waals surface area (Å²) in [4.78, 5) is 0. The molecule has 1 aromatic carbocycles. The minimum atomic E-state index is 0.770. The van der Waals surface area contributed by atoms with E-state index in [1.165, 1.54) is 42.3 Å². The largest absolute Gasteiger partial charge is 0.316 e. The summed E-state index contributed by atoms with van der Waals surface area (Å²) in [5.74, 6) is 1.60. The fourth-order valence-electron chi connectivity index (χ4n) is 3.46. The Balaban J connectivity index is 1.81. The van der Waals surface area contributed by atoms with Crippen LogP contribution in [0.5, 0.6) is 0 Å². The second-order valence-corrected chi connectivity index (χ2v) is 6.60. The van der Waals surface area contributed by atoms with Crippen LogP contribution in [0.2, 0.25) is 0 Å². The minimum absolute atomic E-state index is 0.770. The Morgan fingerprint density at radius 1 is 1.26 bits per heavy atom. The number of hydrogen-bond donors (Lipinski definition) is 1. The molecule has 1 heterocycles. The normalized spacial score (nSPS) is 23.2. The summed E-state index contributed by atoms with van der Waals surface area (Å²) < 4.78 is 1.52. The van der Waals surface area contributed by atoms with Crippen LogP contribution in [0.3, 0.4) is 0 Å². The van der Waals surface area contributed by atoms with Gasteiger partial charge in [0, 0.05) is 4.70 Å². The van der Waals surface area contributed by atoms with Gasteiger partial charge in [-0.3, -0.25) is 0 Å². The highest BCUT2D eigenvalue weighted by molar-refractivity contribution is 7.17. The molecule has 1 saturated carbocycles. The molecule has 1 fully saturated rings. The molecular weight excluding hydrogens is 250 g/mol. The van der Waals surface area contributed by atoms with Gasteiger partial charge in [-0.25, -0.2) is 0 Å². The van der Waals surface area contributed by atoms with Gasteiger partial charge in [0.05, 0.1) is 0 Å². The van der Waals surface area contributed by atoms with Crippen LogP contribution in [0.4, 0.5) is 0 Å². The second kappa shape index (κ2) is 6.06. The fraction of sp³-hybridized carbons (Fsp3) is 0.529. The molecule has 0 bridgehead atoms. The van der Waals surface area contributed by atoms with Gasteiger partial charge in [0.2, 0.25) is 0 Å². The number of nitrogens with one attached hydrogen (secondary N) is 1. The lowest BCUT2D eigenvalue weighted by molar-refractivity contribution is 0.446. The molecule has 1 aromatic heterocycles. The van der Waals surface area contributed by atoms with Crippen LogP contribution in [-0.2, 0) is 0 Å². The molecule has 1 aliphatic rings. The summed E-state index contributed by atoms with van der Waals surface area (Å²) in [6.07, 6.45) is 5.39. The predicted octanol–water partition coefficient (Wildman–Crippen LogP) is 4.78. The SMILES string of the molecule is CCCNCC1CCCC1c1cccc2ccsc12. The van der Waals surface area contributed by atoms with Crippen molar-refractivity contribution in [2.75, 3.05) is 13.1 Å². The zero-order valence-electron chi connectivity index (χ0n) is 11.7. The van der Waals surface area contributed by atoms with Crippen molar-refractivity contribution in [3.05, 3.63) is 35.2 Å². The van der Waals surface area contributed by atoms with E-state index in [0.717, 1.165) is 18.4 Å². The smallest absolute Gasteiger partial charge is 0.0377 e. The maximum Gasteiger partial charge on any atom is 0.0377 e. The Kier molecular flexibility index (Phi) is 4.19. The molecule has 0 spiro atoms. The van der Waals surface area contributed by atoms with Crippen molar-refractivity contribution in [1.82, 2.24) is 5.32 Å². The van der Waals surface area contributed by atoms with E-state index >= 15 is 0 Å². The molecule has 3 rings (SSSR count). The zero-order valence-corrected chi connectivity index (χ0v) is 12.5. The van der Waals surface area contributed by atoms with Crippen LogP contribution in [0.15, 0.2) is 29.6 Å². The summed E-state index contributed by atoms with van der Waals surface area (Å²) in [6, 6.07) is 9.10. The highest BCUT2D eigenvalue weighted by Crippen LogP contribution is 2.42. The average molecular weight is 273 g/mol. The summed E-state index contributed by atoms with van der Waals surface area (Å²) >= 11 is 1.91. The van der Waals surface area contributed by atoms with Crippen LogP contribution in [-0.4, -0.2) is 13.1 Å². The number of rotatable bonds is 5. The van der Waals surface area contributed by atoms with Gasteiger partial charge in [0.1, 0.15) is 0 Å². The molecule has 102 valence electrons. The highest BCUT2D eigenvalue weighted by Gasteiger charge is 2.29. The van der Waals surface area contributed by atoms with Gasteiger partial charge in [-0.15, -0.1) is 11.3 Å². The molecule has 1 N–H and O–H groups in total. The first-order chi connectivity index (χ1) is 9.40. The van der Waals surface area contributed by atoms with Crippen molar-refractivity contribution in [3.63, 3.8) is 0 Å². The Labute approximate surface area is 120 Å². The molecule has 2 unspecified atom stereocenters. The molecule has 2 heteroatoms. The van der Waals surface area contributed by atoms with Crippen molar-refractivity contribution in [2.24, 2.45) is 5.92 Å². The van der Waals surface area contributed by atoms with Crippen molar-refractivity contribution in [2.45, 2.75) is 38.5 Å². The molecule has 1 nitrogen and oxygen atoms in total. The Morgan fingerprint density at radius 2 is 2.21 bits per heavy atom. The topological polar surface area (TPSA) is 12.0 Å². The molecule has 0 radical (unpaired) electrons. The standard InChI is InChI=1S/C17H23NS/c1-2-10-18-12-14-6-4-7-15(14)16-8-3-5-13-9-11-19-17(13)16/h3,5,8-9,11,14-15,18H,2,4,6-7,10,12H2,1H3. The fourth-order valence-corrected chi connectivity index (χ4v) is 4.44. The maximum absolute atomic E-state index is 3.62. The minimum Gasteiger partial charge on any atom is -0.316 e. The van der Waals surface area contributed by atoms with E-state index in [9.17, 15) is 0 Å². The summed E-state index contributed by atoms with van der Waals surface area (Å²) in [5.41, 5.74) is 1.60. The van der Waals surface area contributed by atoms with Crippen LogP contribution < -0.4 is 5.32 Å². The van der Waals surface area contributed by atoms with E-state index in [2.05, 4.69) is 41.9 Å². The van der Waals surface area contributed by atoms with E-state index in [1.54, 1.807) is 5.56 Å². The molecule has 0 amide bonds. The predicted molar refractivity (Wildman–Crippen MR) is 85.1 cm³/mol. The summed E-state index contributed by atoms with van der Waals surface area (Å²) in [7, 11) is 0. The lowest BCUT2D eigenvalue weighted by atomic mass is 9.88. The monoisotopic (exact) mass is 273 g/mol. The third kappa shape index (κ3) is 2.70. The van der Waals surface area contributed by atoms with Gasteiger partial charge in [-0.1, -0.05) is 31.5 Å². The van der Waals surface area contributed by atoms with E-state index in [0.29, 0.717) is 0 Å². The molecular formula is C17H23NS. The van der Waals surface area contributed by atoms with E-state index in [1.807, 2.05) is 11.3 Å². The zero-order chi connectivity index (χ0) is 13.1. The Morgan fingerprint density at radius 3 is 3.11 bits per heavy atom. The maximum atomic E-state index is 3.62. The van der Waals surface area contributed by atoms with Crippen molar-refractivity contribution in [1.29, 1.82) is 0 Å². The van der Waals surface area contributed by atoms with Crippen molar-refractivity contribution in [3.8, 4) is 0 Å². The van der Waals surface area contributed by atoms with Gasteiger partial charge in [-0.2, -0.15) is 0 Å². The molecule has 1 aliphatic carbocycles. The second-order valence-electron chi connectivity index (χ2n) is 5.69. The quantitative estimate of drug-likeness (QED) is 0.773. The van der Waals surface area contributed by atoms with Gasteiger partial charge >= 0.3 is 0 Å². The molecule has 19 heavy (non-hydrogen) atoms. The van der Waals surface area contributed by atoms with Gasteiger partial charge in [-0.05, 0) is 66.6 Å². The summed E-state index contributed by atoms with van der Waals surface area (Å²) in [5, 5.41) is 7.28. The lowest BCUT2D eigenvalue weighted by Crippen LogP contribution is -2.25. The van der Waals surface area contributed by atoms with Crippen LogP contribution >= 0.6 is 11.3 Å². The van der Waals surface area contributed by atoms with Crippen LogP contribution in [0.1, 0.15) is 44.1 Å². The van der Waals surface area contributed by atoms with E-state index < -0.39 is 0 Å². The van der Waals surface area contributed by atoms with Crippen LogP contribution in [0, 0.1) is 5.92 Å². The number of hydrogen-bond acceptors (Lipinski definition) is 2. The third-order valence-electron chi connectivity index (χ3n) is 4.40. The van der Waals surface area contributed by atoms with Crippen molar-refractivity contribution < 1.29 is 0 Å². The highest BCUT2D eigenvalue weighted by atomic mass is 32.1. The number of fused-ring (bicyclic) bond motifs is 1.